The molecule has 242 valence electrons. The van der Waals surface area contributed by atoms with Crippen LogP contribution in [0.25, 0.3) is 99.1 Å². The second kappa shape index (κ2) is 12.5. The van der Waals surface area contributed by atoms with Crippen LogP contribution in [-0.2, 0) is 0 Å². The smallest absolute Gasteiger partial charge is 0.00201 e. The molecule has 0 unspecified atom stereocenters. The van der Waals surface area contributed by atoms with Gasteiger partial charge in [0.15, 0.2) is 0 Å². The molecule has 0 aromatic heterocycles. The van der Waals surface area contributed by atoms with Crippen LogP contribution in [-0.4, -0.2) is 0 Å². The summed E-state index contributed by atoms with van der Waals surface area (Å²) in [5.74, 6) is 0. The zero-order chi connectivity index (χ0) is 34.4. The molecule has 0 bridgehead atoms. The molecule has 0 aliphatic rings. The lowest BCUT2D eigenvalue weighted by Crippen LogP contribution is -1.92. The molecule has 0 radical (unpaired) electrons. The van der Waals surface area contributed by atoms with E-state index in [1.54, 1.807) is 0 Å². The Balaban J connectivity index is 1.22. The molecule has 0 atom stereocenters. The summed E-state index contributed by atoms with van der Waals surface area (Å²) in [6.07, 6.45) is 0. The minimum absolute atomic E-state index is 1.22. The molecule has 0 saturated carbocycles. The first kappa shape index (κ1) is 30.1. The Morgan fingerprint density at radius 3 is 0.788 bits per heavy atom. The zero-order valence-corrected chi connectivity index (χ0v) is 28.6. The van der Waals surface area contributed by atoms with Crippen LogP contribution >= 0.6 is 0 Å². The van der Waals surface area contributed by atoms with Crippen molar-refractivity contribution in [3.8, 4) is 66.8 Å². The fourth-order valence-electron chi connectivity index (χ4n) is 8.09. The van der Waals surface area contributed by atoms with E-state index < -0.39 is 0 Å². The van der Waals surface area contributed by atoms with E-state index in [1.165, 1.54) is 99.1 Å². The van der Waals surface area contributed by atoms with Gasteiger partial charge in [0.2, 0.25) is 0 Å². The average molecular weight is 659 g/mol. The fraction of sp³-hybridized carbons (Fsp3) is 0. The Kier molecular flexibility index (Phi) is 7.25. The van der Waals surface area contributed by atoms with Crippen molar-refractivity contribution in [2.75, 3.05) is 0 Å². The highest BCUT2D eigenvalue weighted by Gasteiger charge is 2.18. The van der Waals surface area contributed by atoms with Crippen LogP contribution in [0.5, 0.6) is 0 Å². The van der Waals surface area contributed by atoms with Gasteiger partial charge in [-0.2, -0.15) is 0 Å². The van der Waals surface area contributed by atoms with E-state index in [-0.39, 0.29) is 0 Å². The molecule has 10 aromatic carbocycles. The predicted octanol–water partition coefficient (Wildman–Crippen LogP) is 14.6. The van der Waals surface area contributed by atoms with Crippen LogP contribution in [0.15, 0.2) is 206 Å². The molecule has 0 fully saturated rings. The molecule has 0 N–H and O–H groups in total. The number of rotatable bonds is 6. The van der Waals surface area contributed by atoms with Crippen molar-refractivity contribution >= 4 is 32.3 Å². The molecule has 0 spiro atoms. The highest BCUT2D eigenvalue weighted by molar-refractivity contribution is 6.29. The Morgan fingerprint density at radius 1 is 0.192 bits per heavy atom. The van der Waals surface area contributed by atoms with Crippen LogP contribution < -0.4 is 0 Å². The molecule has 0 heteroatoms. The predicted molar refractivity (Wildman–Crippen MR) is 223 cm³/mol. The number of hydrogen-bond donors (Lipinski definition) is 0. The summed E-state index contributed by atoms with van der Waals surface area (Å²) in [7, 11) is 0. The molecule has 0 aliphatic heterocycles. The molecule has 0 saturated heterocycles. The van der Waals surface area contributed by atoms with Crippen molar-refractivity contribution in [1.82, 2.24) is 0 Å². The van der Waals surface area contributed by atoms with Crippen LogP contribution in [0.4, 0.5) is 0 Å². The highest BCUT2D eigenvalue weighted by atomic mass is 14.2. The van der Waals surface area contributed by atoms with Crippen LogP contribution in [0, 0.1) is 0 Å². The maximum Gasteiger partial charge on any atom is -0.00201 e. The fourth-order valence-corrected chi connectivity index (χ4v) is 8.09. The monoisotopic (exact) mass is 658 g/mol. The van der Waals surface area contributed by atoms with Crippen molar-refractivity contribution < 1.29 is 0 Å². The Labute approximate surface area is 304 Å². The molecule has 10 rings (SSSR count). The Hall–Kier alpha value is -6.76. The summed E-state index contributed by atoms with van der Waals surface area (Å²) >= 11 is 0. The van der Waals surface area contributed by atoms with Crippen molar-refractivity contribution in [2.45, 2.75) is 0 Å². The summed E-state index contributed by atoms with van der Waals surface area (Å²) in [4.78, 5) is 0. The van der Waals surface area contributed by atoms with Gasteiger partial charge in [-0.3, -0.25) is 0 Å². The first-order valence-electron chi connectivity index (χ1n) is 18.0. The van der Waals surface area contributed by atoms with Gasteiger partial charge in [0.1, 0.15) is 0 Å². The van der Waals surface area contributed by atoms with Crippen LogP contribution in [0.3, 0.4) is 0 Å². The van der Waals surface area contributed by atoms with Crippen molar-refractivity contribution in [1.29, 1.82) is 0 Å². The minimum Gasteiger partial charge on any atom is -0.0622 e. The van der Waals surface area contributed by atoms with Gasteiger partial charge < -0.3 is 0 Å². The van der Waals surface area contributed by atoms with Crippen molar-refractivity contribution in [3.63, 3.8) is 0 Å². The molecular weight excluding hydrogens is 625 g/mol. The third-order valence-corrected chi connectivity index (χ3v) is 10.5. The van der Waals surface area contributed by atoms with Gasteiger partial charge in [-0.25, -0.2) is 0 Å². The van der Waals surface area contributed by atoms with Gasteiger partial charge in [-0.15, -0.1) is 0 Å². The zero-order valence-electron chi connectivity index (χ0n) is 28.6. The summed E-state index contributed by atoms with van der Waals surface area (Å²) < 4.78 is 0. The molecule has 52 heavy (non-hydrogen) atoms. The standard InChI is InChI=1S/C52H34/c1-5-15-35(16-6-1)41-27-42(36-17-7-2-8-18-36)30-45(29-41)49-33-39-23-14-26-48-50(34-40-24-13-25-47(49)51(40)52(39)48)46-31-43(37-19-9-3-10-20-37)28-44(32-46)38-21-11-4-12-22-38/h1-34H. The maximum atomic E-state index is 2.42. The largest absolute Gasteiger partial charge is 0.0622 e. The third-order valence-electron chi connectivity index (χ3n) is 10.5. The van der Waals surface area contributed by atoms with E-state index in [4.69, 9.17) is 0 Å². The normalized spacial score (nSPS) is 11.5. The SMILES string of the molecule is c1ccc(-c2cc(-c3ccccc3)cc(-c3cc4cccc5c(-c6cc(-c7ccccc7)cc(-c7ccccc7)c6)cc6cccc3c6c45)c2)cc1. The van der Waals surface area contributed by atoms with Crippen molar-refractivity contribution in [3.05, 3.63) is 206 Å². The van der Waals surface area contributed by atoms with E-state index in [0.29, 0.717) is 0 Å². The second-order valence-corrected chi connectivity index (χ2v) is 13.7. The summed E-state index contributed by atoms with van der Waals surface area (Å²) in [5.41, 5.74) is 14.7. The summed E-state index contributed by atoms with van der Waals surface area (Å²) in [5, 5.41) is 7.71. The first-order chi connectivity index (χ1) is 25.8. The highest BCUT2D eigenvalue weighted by Crippen LogP contribution is 2.46. The summed E-state index contributed by atoms with van der Waals surface area (Å²) in [6, 6.07) is 75.6. The third kappa shape index (κ3) is 5.25. The average Bonchev–Trinajstić information content (AvgIpc) is 3.23. The van der Waals surface area contributed by atoms with Gasteiger partial charge >= 0.3 is 0 Å². The lowest BCUT2D eigenvalue weighted by Gasteiger charge is -2.19. The second-order valence-electron chi connectivity index (χ2n) is 13.7. The van der Waals surface area contributed by atoms with Gasteiger partial charge in [0, 0.05) is 0 Å². The molecular formula is C52H34. The van der Waals surface area contributed by atoms with E-state index in [1.807, 2.05) is 0 Å². The van der Waals surface area contributed by atoms with Gasteiger partial charge in [0.05, 0.1) is 0 Å². The first-order valence-corrected chi connectivity index (χ1v) is 18.0. The molecule has 0 amide bonds. The maximum absolute atomic E-state index is 2.42. The Morgan fingerprint density at radius 2 is 0.481 bits per heavy atom. The van der Waals surface area contributed by atoms with Crippen LogP contribution in [0.2, 0.25) is 0 Å². The lowest BCUT2D eigenvalue weighted by atomic mass is 9.84. The van der Waals surface area contributed by atoms with E-state index in [0.717, 1.165) is 0 Å². The van der Waals surface area contributed by atoms with Gasteiger partial charge in [-0.1, -0.05) is 158 Å². The molecule has 0 aliphatic carbocycles. The van der Waals surface area contributed by atoms with Crippen molar-refractivity contribution in [2.24, 2.45) is 0 Å². The number of hydrogen-bond acceptors (Lipinski definition) is 0. The van der Waals surface area contributed by atoms with E-state index >= 15 is 0 Å². The topological polar surface area (TPSA) is 0 Å². The minimum atomic E-state index is 1.22. The Bertz CT molecular complexity index is 2540. The van der Waals surface area contributed by atoms with Crippen LogP contribution in [0.1, 0.15) is 0 Å². The van der Waals surface area contributed by atoms with E-state index in [2.05, 4.69) is 206 Å². The molecule has 0 heterocycles. The number of benzene rings is 10. The van der Waals surface area contributed by atoms with Gasteiger partial charge in [-0.05, 0) is 148 Å². The molecule has 10 aromatic rings. The van der Waals surface area contributed by atoms with Gasteiger partial charge in [0.25, 0.3) is 0 Å². The van der Waals surface area contributed by atoms with E-state index in [9.17, 15) is 0 Å². The quantitative estimate of drug-likeness (QED) is 0.156. The summed E-state index contributed by atoms with van der Waals surface area (Å²) in [6.45, 7) is 0. The molecule has 0 nitrogen and oxygen atoms in total. The lowest BCUT2D eigenvalue weighted by molar-refractivity contribution is 1.58.